The summed E-state index contributed by atoms with van der Waals surface area (Å²) in [6.07, 6.45) is 0.804. The molecule has 0 unspecified atom stereocenters. The maximum atomic E-state index is 10.4. The van der Waals surface area contributed by atoms with Crippen molar-refractivity contribution in [3.05, 3.63) is 23.3 Å². The van der Waals surface area contributed by atoms with E-state index in [0.717, 1.165) is 22.6 Å². The fraction of sp³-hybridized carbons (Fsp3) is 0.500. The van der Waals surface area contributed by atoms with Gasteiger partial charge in [-0.15, -0.1) is 0 Å². The highest BCUT2D eigenvalue weighted by molar-refractivity contribution is 5.66. The summed E-state index contributed by atoms with van der Waals surface area (Å²) in [6, 6.07) is 3.86. The van der Waals surface area contributed by atoms with E-state index in [1.54, 1.807) is 14.2 Å². The summed E-state index contributed by atoms with van der Waals surface area (Å²) in [5.41, 5.74) is 2.01. The molecular weight excluding hydrogens is 246 g/mol. The highest BCUT2D eigenvalue weighted by atomic mass is 16.5. The van der Waals surface area contributed by atoms with Crippen LogP contribution in [0.5, 0.6) is 11.5 Å². The molecule has 0 fully saturated rings. The molecule has 5 heteroatoms. The van der Waals surface area contributed by atoms with Gasteiger partial charge in [0.05, 0.1) is 14.2 Å². The molecule has 0 heterocycles. The van der Waals surface area contributed by atoms with Crippen LogP contribution in [0.4, 0.5) is 0 Å². The van der Waals surface area contributed by atoms with E-state index in [1.807, 2.05) is 19.1 Å². The number of aliphatic carboxylic acids is 1. The molecule has 1 aromatic rings. The molecule has 5 nitrogen and oxygen atoms in total. The van der Waals surface area contributed by atoms with Crippen LogP contribution >= 0.6 is 0 Å². The second kappa shape index (κ2) is 7.63. The highest BCUT2D eigenvalue weighted by Crippen LogP contribution is 2.31. The average Bonchev–Trinajstić information content (AvgIpc) is 2.38. The van der Waals surface area contributed by atoms with Gasteiger partial charge in [-0.1, -0.05) is 6.07 Å². The van der Waals surface area contributed by atoms with Crippen LogP contribution in [0.3, 0.4) is 0 Å². The molecule has 0 aliphatic rings. The minimum absolute atomic E-state index is 0.186. The van der Waals surface area contributed by atoms with Gasteiger partial charge in [0, 0.05) is 24.1 Å². The number of carbonyl (C=O) groups is 1. The molecule has 0 aliphatic carbocycles. The van der Waals surface area contributed by atoms with Crippen LogP contribution < -0.4 is 14.8 Å². The van der Waals surface area contributed by atoms with E-state index >= 15 is 0 Å². The van der Waals surface area contributed by atoms with E-state index in [9.17, 15) is 4.79 Å². The summed E-state index contributed by atoms with van der Waals surface area (Å²) in [5.74, 6) is 0.844. The SMILES string of the molecule is COc1ccc(CNCCCC(=O)O)c(OC)c1C. The molecule has 19 heavy (non-hydrogen) atoms. The molecule has 1 aromatic carbocycles. The van der Waals surface area contributed by atoms with Gasteiger partial charge in [0.25, 0.3) is 0 Å². The summed E-state index contributed by atoms with van der Waals surface area (Å²) in [4.78, 5) is 10.4. The number of benzene rings is 1. The van der Waals surface area contributed by atoms with Gasteiger partial charge in [-0.05, 0) is 26.0 Å². The number of rotatable bonds is 8. The van der Waals surface area contributed by atoms with Crippen LogP contribution in [0, 0.1) is 6.92 Å². The Kier molecular flexibility index (Phi) is 6.15. The maximum Gasteiger partial charge on any atom is 0.303 e. The Balaban J connectivity index is 2.58. The third kappa shape index (κ3) is 4.44. The van der Waals surface area contributed by atoms with Crippen molar-refractivity contribution in [2.45, 2.75) is 26.3 Å². The van der Waals surface area contributed by atoms with Gasteiger partial charge in [0.15, 0.2) is 0 Å². The first-order chi connectivity index (χ1) is 9.10. The summed E-state index contributed by atoms with van der Waals surface area (Å²) >= 11 is 0. The van der Waals surface area contributed by atoms with Crippen molar-refractivity contribution in [3.8, 4) is 11.5 Å². The lowest BCUT2D eigenvalue weighted by atomic mass is 10.1. The Morgan fingerprint density at radius 1 is 1.32 bits per heavy atom. The molecule has 0 saturated heterocycles. The van der Waals surface area contributed by atoms with Gasteiger partial charge < -0.3 is 19.9 Å². The van der Waals surface area contributed by atoms with Crippen molar-refractivity contribution in [1.82, 2.24) is 5.32 Å². The lowest BCUT2D eigenvalue weighted by Crippen LogP contribution is -2.16. The van der Waals surface area contributed by atoms with Crippen LogP contribution in [-0.2, 0) is 11.3 Å². The molecule has 0 bridgehead atoms. The number of carboxylic acids is 1. The maximum absolute atomic E-state index is 10.4. The standard InChI is InChI=1S/C14H21NO4/c1-10-12(18-2)7-6-11(14(10)19-3)9-15-8-4-5-13(16)17/h6-7,15H,4-5,8-9H2,1-3H3,(H,16,17). The zero-order chi connectivity index (χ0) is 14.3. The van der Waals surface area contributed by atoms with Crippen LogP contribution in [0.15, 0.2) is 12.1 Å². The van der Waals surface area contributed by atoms with Crippen LogP contribution in [0.25, 0.3) is 0 Å². The fourth-order valence-electron chi connectivity index (χ4n) is 1.96. The smallest absolute Gasteiger partial charge is 0.303 e. The first-order valence-corrected chi connectivity index (χ1v) is 6.23. The molecule has 0 atom stereocenters. The fourth-order valence-corrected chi connectivity index (χ4v) is 1.96. The third-order valence-electron chi connectivity index (χ3n) is 2.92. The Hall–Kier alpha value is -1.75. The largest absolute Gasteiger partial charge is 0.496 e. The zero-order valence-electron chi connectivity index (χ0n) is 11.7. The summed E-state index contributed by atoms with van der Waals surface area (Å²) in [7, 11) is 3.27. The third-order valence-corrected chi connectivity index (χ3v) is 2.92. The van der Waals surface area contributed by atoms with Crippen molar-refractivity contribution < 1.29 is 19.4 Å². The molecular formula is C14H21NO4. The van der Waals surface area contributed by atoms with E-state index in [0.29, 0.717) is 19.5 Å². The molecule has 0 saturated carbocycles. The van der Waals surface area contributed by atoms with Crippen molar-refractivity contribution in [3.63, 3.8) is 0 Å². The van der Waals surface area contributed by atoms with Crippen molar-refractivity contribution in [2.75, 3.05) is 20.8 Å². The zero-order valence-corrected chi connectivity index (χ0v) is 11.7. The number of ether oxygens (including phenoxy) is 2. The Bertz CT molecular complexity index is 432. The second-order valence-corrected chi connectivity index (χ2v) is 4.26. The number of methoxy groups -OCH3 is 2. The monoisotopic (exact) mass is 267 g/mol. The summed E-state index contributed by atoms with van der Waals surface area (Å²) in [6.45, 7) is 3.26. The van der Waals surface area contributed by atoms with Crippen molar-refractivity contribution >= 4 is 5.97 Å². The van der Waals surface area contributed by atoms with E-state index in [-0.39, 0.29) is 6.42 Å². The van der Waals surface area contributed by atoms with Gasteiger partial charge in [0.1, 0.15) is 11.5 Å². The van der Waals surface area contributed by atoms with Gasteiger partial charge in [0.2, 0.25) is 0 Å². The van der Waals surface area contributed by atoms with Crippen molar-refractivity contribution in [2.24, 2.45) is 0 Å². The molecule has 0 radical (unpaired) electrons. The molecule has 0 aliphatic heterocycles. The van der Waals surface area contributed by atoms with E-state index < -0.39 is 5.97 Å². The first-order valence-electron chi connectivity index (χ1n) is 6.23. The van der Waals surface area contributed by atoms with Gasteiger partial charge in [-0.25, -0.2) is 0 Å². The number of carboxylic acid groups (broad SMARTS) is 1. The molecule has 0 aromatic heterocycles. The molecule has 0 spiro atoms. The van der Waals surface area contributed by atoms with Crippen LogP contribution in [0.2, 0.25) is 0 Å². The first kappa shape index (κ1) is 15.3. The lowest BCUT2D eigenvalue weighted by Gasteiger charge is -2.14. The molecule has 106 valence electrons. The lowest BCUT2D eigenvalue weighted by molar-refractivity contribution is -0.137. The van der Waals surface area contributed by atoms with Gasteiger partial charge >= 0.3 is 5.97 Å². The quantitative estimate of drug-likeness (QED) is 0.705. The number of hydrogen-bond donors (Lipinski definition) is 2. The predicted octanol–water partition coefficient (Wildman–Crippen LogP) is 1.97. The minimum Gasteiger partial charge on any atom is -0.496 e. The Morgan fingerprint density at radius 3 is 2.63 bits per heavy atom. The molecule has 0 amide bonds. The topological polar surface area (TPSA) is 67.8 Å². The van der Waals surface area contributed by atoms with E-state index in [4.69, 9.17) is 14.6 Å². The number of hydrogen-bond acceptors (Lipinski definition) is 4. The van der Waals surface area contributed by atoms with Crippen LogP contribution in [-0.4, -0.2) is 31.8 Å². The van der Waals surface area contributed by atoms with E-state index in [2.05, 4.69) is 5.32 Å². The normalized spacial score (nSPS) is 10.3. The molecule has 1 rings (SSSR count). The average molecular weight is 267 g/mol. The van der Waals surface area contributed by atoms with Crippen molar-refractivity contribution in [1.29, 1.82) is 0 Å². The Labute approximate surface area is 113 Å². The van der Waals surface area contributed by atoms with E-state index in [1.165, 1.54) is 0 Å². The highest BCUT2D eigenvalue weighted by Gasteiger charge is 2.10. The van der Waals surface area contributed by atoms with Gasteiger partial charge in [-0.3, -0.25) is 4.79 Å². The number of nitrogens with one attached hydrogen (secondary N) is 1. The Morgan fingerprint density at radius 2 is 2.05 bits per heavy atom. The predicted molar refractivity (Wildman–Crippen MR) is 72.9 cm³/mol. The van der Waals surface area contributed by atoms with Gasteiger partial charge in [-0.2, -0.15) is 0 Å². The minimum atomic E-state index is -0.764. The van der Waals surface area contributed by atoms with Crippen LogP contribution in [0.1, 0.15) is 24.0 Å². The summed E-state index contributed by atoms with van der Waals surface area (Å²) < 4.78 is 10.6. The summed E-state index contributed by atoms with van der Waals surface area (Å²) in [5, 5.41) is 11.8. The second-order valence-electron chi connectivity index (χ2n) is 4.26. The molecule has 2 N–H and O–H groups in total.